The van der Waals surface area contributed by atoms with E-state index in [1.54, 1.807) is 6.07 Å². The van der Waals surface area contributed by atoms with Gasteiger partial charge in [0.2, 0.25) is 5.82 Å². The summed E-state index contributed by atoms with van der Waals surface area (Å²) in [6.45, 7) is 9.75. The van der Waals surface area contributed by atoms with Gasteiger partial charge < -0.3 is 23.6 Å². The van der Waals surface area contributed by atoms with E-state index < -0.39 is 7.60 Å². The molecule has 0 radical (unpaired) electrons. The molecule has 0 amide bonds. The Kier molecular flexibility index (Phi) is 10.3. The predicted octanol–water partition coefficient (Wildman–Crippen LogP) is 6.59. The Hall–Kier alpha value is -2.22. The van der Waals surface area contributed by atoms with Gasteiger partial charge in [-0.1, -0.05) is 35.8 Å². The Morgan fingerprint density at radius 3 is 2.49 bits per heavy atom. The molecular weight excluding hydrogens is 489 g/mol. The van der Waals surface area contributed by atoms with Crippen LogP contribution in [0, 0.1) is 0 Å². The molecule has 0 saturated carbocycles. The number of hydrogen-bond acceptors (Lipinski definition) is 8. The summed E-state index contributed by atoms with van der Waals surface area (Å²) in [7, 11) is -2.93. The zero-order chi connectivity index (χ0) is 25.3. The van der Waals surface area contributed by atoms with Crippen molar-refractivity contribution >= 4 is 19.2 Å². The molecule has 2 aromatic carbocycles. The molecule has 1 aromatic heterocycles. The second kappa shape index (κ2) is 13.2. The number of halogens is 1. The maximum absolute atomic E-state index is 12.2. The average molecular weight is 522 g/mol. The van der Waals surface area contributed by atoms with Crippen molar-refractivity contribution < 1.29 is 22.9 Å². The standard InChI is InChI=1S/C25H33ClN3O5P/c1-5-31-35(30,6-2)32-15-7-14-27-17-19-8-10-20(11-9-19)25-28-24(29-34-25)21-12-13-23(22(26)16-21)33-18(3)4/h8-13,16,18,27H,5-7,14-15,17H2,1-4H3. The summed E-state index contributed by atoms with van der Waals surface area (Å²) in [6.07, 6.45) is 1.17. The first kappa shape index (κ1) is 27.4. The van der Waals surface area contributed by atoms with E-state index >= 15 is 0 Å². The van der Waals surface area contributed by atoms with Crippen LogP contribution in [0.2, 0.25) is 5.02 Å². The van der Waals surface area contributed by atoms with Crippen molar-refractivity contribution in [1.29, 1.82) is 0 Å². The van der Waals surface area contributed by atoms with Gasteiger partial charge in [0, 0.05) is 23.8 Å². The molecule has 0 aliphatic carbocycles. The lowest BCUT2D eigenvalue weighted by Gasteiger charge is -2.15. The molecule has 1 heterocycles. The molecule has 1 unspecified atom stereocenters. The Morgan fingerprint density at radius 1 is 1.09 bits per heavy atom. The highest BCUT2D eigenvalue weighted by Crippen LogP contribution is 2.47. The van der Waals surface area contributed by atoms with Gasteiger partial charge in [-0.2, -0.15) is 4.98 Å². The predicted molar refractivity (Wildman–Crippen MR) is 138 cm³/mol. The second-order valence-electron chi connectivity index (χ2n) is 8.14. The number of hydrogen-bond donors (Lipinski definition) is 1. The minimum absolute atomic E-state index is 0.0362. The molecule has 0 aliphatic rings. The van der Waals surface area contributed by atoms with E-state index in [4.69, 9.17) is 29.9 Å². The van der Waals surface area contributed by atoms with Gasteiger partial charge in [-0.05, 0) is 69.6 Å². The highest BCUT2D eigenvalue weighted by Gasteiger charge is 2.20. The number of ether oxygens (including phenoxy) is 1. The SMILES string of the molecule is CCOP(=O)(CC)OCCCNCc1ccc(-c2nc(-c3ccc(OC(C)C)c(Cl)c3)no2)cc1. The Morgan fingerprint density at radius 2 is 1.83 bits per heavy atom. The Labute approximate surface area is 211 Å². The van der Waals surface area contributed by atoms with E-state index in [1.165, 1.54) is 0 Å². The van der Waals surface area contributed by atoms with Crippen LogP contribution < -0.4 is 10.1 Å². The van der Waals surface area contributed by atoms with E-state index in [2.05, 4.69) is 15.5 Å². The summed E-state index contributed by atoms with van der Waals surface area (Å²) in [5.41, 5.74) is 2.70. The molecule has 0 bridgehead atoms. The molecule has 190 valence electrons. The lowest BCUT2D eigenvalue weighted by Crippen LogP contribution is -2.16. The minimum Gasteiger partial charge on any atom is -0.489 e. The van der Waals surface area contributed by atoms with Crippen molar-refractivity contribution in [3.8, 4) is 28.6 Å². The largest absolute Gasteiger partial charge is 0.489 e. The summed E-state index contributed by atoms with van der Waals surface area (Å²) in [4.78, 5) is 4.51. The van der Waals surface area contributed by atoms with Crippen molar-refractivity contribution in [2.24, 2.45) is 0 Å². The van der Waals surface area contributed by atoms with E-state index in [1.807, 2.05) is 64.1 Å². The van der Waals surface area contributed by atoms with Gasteiger partial charge in [-0.3, -0.25) is 4.57 Å². The molecule has 10 heteroatoms. The lowest BCUT2D eigenvalue weighted by molar-refractivity contribution is 0.210. The molecule has 0 fully saturated rings. The summed E-state index contributed by atoms with van der Waals surface area (Å²) < 4.78 is 34.1. The summed E-state index contributed by atoms with van der Waals surface area (Å²) >= 11 is 6.33. The molecule has 0 saturated heterocycles. The van der Waals surface area contributed by atoms with Crippen LogP contribution >= 0.6 is 19.2 Å². The summed E-state index contributed by atoms with van der Waals surface area (Å²) in [6, 6.07) is 13.4. The smallest absolute Gasteiger partial charge is 0.330 e. The van der Waals surface area contributed by atoms with Gasteiger partial charge in [0.1, 0.15) is 5.75 Å². The van der Waals surface area contributed by atoms with E-state index in [-0.39, 0.29) is 6.10 Å². The van der Waals surface area contributed by atoms with Crippen LogP contribution in [0.25, 0.3) is 22.8 Å². The third-order valence-corrected chi connectivity index (χ3v) is 7.31. The number of nitrogens with zero attached hydrogens (tertiary/aromatic N) is 2. The number of aromatic nitrogens is 2. The maximum atomic E-state index is 12.2. The normalized spacial score (nSPS) is 13.2. The van der Waals surface area contributed by atoms with Gasteiger partial charge in [-0.15, -0.1) is 0 Å². The van der Waals surface area contributed by atoms with E-state index in [9.17, 15) is 4.57 Å². The van der Waals surface area contributed by atoms with E-state index in [0.717, 1.165) is 29.7 Å². The van der Waals surface area contributed by atoms with Crippen LogP contribution in [0.1, 0.15) is 39.7 Å². The minimum atomic E-state index is -2.93. The third-order valence-electron chi connectivity index (χ3n) is 5.01. The molecular formula is C25H33ClN3O5P. The topological polar surface area (TPSA) is 95.7 Å². The third kappa shape index (κ3) is 8.16. The van der Waals surface area contributed by atoms with Crippen LogP contribution in [0.3, 0.4) is 0 Å². The van der Waals surface area contributed by atoms with Crippen LogP contribution in [0.15, 0.2) is 47.0 Å². The molecule has 3 aromatic rings. The average Bonchev–Trinajstić information content (AvgIpc) is 3.33. The van der Waals surface area contributed by atoms with Gasteiger partial charge in [0.05, 0.1) is 24.3 Å². The van der Waals surface area contributed by atoms with E-state index in [0.29, 0.717) is 48.4 Å². The fraction of sp³-hybridized carbons (Fsp3) is 0.440. The summed E-state index contributed by atoms with van der Waals surface area (Å²) in [5, 5.41) is 7.95. The highest BCUT2D eigenvalue weighted by atomic mass is 35.5. The zero-order valence-electron chi connectivity index (χ0n) is 20.6. The van der Waals surface area contributed by atoms with Crippen LogP contribution in [-0.4, -0.2) is 42.2 Å². The molecule has 3 rings (SSSR count). The first-order valence-electron chi connectivity index (χ1n) is 11.8. The van der Waals surface area contributed by atoms with Gasteiger partial charge in [0.25, 0.3) is 5.89 Å². The molecule has 35 heavy (non-hydrogen) atoms. The van der Waals surface area contributed by atoms with Crippen molar-refractivity contribution in [2.75, 3.05) is 25.9 Å². The second-order valence-corrected chi connectivity index (χ2v) is 10.9. The Bertz CT molecular complexity index is 1120. The monoisotopic (exact) mass is 521 g/mol. The van der Waals surface area contributed by atoms with Gasteiger partial charge in [-0.25, -0.2) is 0 Å². The Balaban J connectivity index is 1.49. The fourth-order valence-corrected chi connectivity index (χ4v) is 4.73. The van der Waals surface area contributed by atoms with Crippen molar-refractivity contribution in [1.82, 2.24) is 15.5 Å². The molecule has 8 nitrogen and oxygen atoms in total. The fourth-order valence-electron chi connectivity index (χ4n) is 3.26. The molecule has 0 spiro atoms. The lowest BCUT2D eigenvalue weighted by atomic mass is 10.1. The number of rotatable bonds is 14. The quantitative estimate of drug-likeness (QED) is 0.187. The molecule has 1 N–H and O–H groups in total. The van der Waals surface area contributed by atoms with Crippen LogP contribution in [0.5, 0.6) is 5.75 Å². The van der Waals surface area contributed by atoms with Gasteiger partial charge >= 0.3 is 7.60 Å². The van der Waals surface area contributed by atoms with Gasteiger partial charge in [0.15, 0.2) is 0 Å². The molecule has 0 aliphatic heterocycles. The first-order valence-corrected chi connectivity index (χ1v) is 13.9. The van der Waals surface area contributed by atoms with Crippen LogP contribution in [-0.2, 0) is 20.2 Å². The first-order chi connectivity index (χ1) is 16.8. The number of benzene rings is 2. The number of nitrogens with one attached hydrogen (secondary N) is 1. The molecule has 1 atom stereocenters. The van der Waals surface area contributed by atoms with Crippen LogP contribution in [0.4, 0.5) is 0 Å². The maximum Gasteiger partial charge on any atom is 0.330 e. The van der Waals surface area contributed by atoms with Crippen molar-refractivity contribution in [3.63, 3.8) is 0 Å². The van der Waals surface area contributed by atoms with Crippen molar-refractivity contribution in [2.45, 2.75) is 46.8 Å². The van der Waals surface area contributed by atoms with Crippen molar-refractivity contribution in [3.05, 3.63) is 53.1 Å². The summed E-state index contributed by atoms with van der Waals surface area (Å²) in [5.74, 6) is 1.52. The zero-order valence-corrected chi connectivity index (χ0v) is 22.3. The highest BCUT2D eigenvalue weighted by molar-refractivity contribution is 7.53.